The minimum atomic E-state index is -4.47. The molecule has 33 heavy (non-hydrogen) atoms. The second-order valence-electron chi connectivity index (χ2n) is 9.08. The van der Waals surface area contributed by atoms with E-state index in [2.05, 4.69) is 32.3 Å². The molecule has 3 aromatic rings. The lowest BCUT2D eigenvalue weighted by Gasteiger charge is -2.29. The molecule has 3 atom stereocenters. The third-order valence-electron chi connectivity index (χ3n) is 6.44. The van der Waals surface area contributed by atoms with Crippen molar-refractivity contribution in [1.82, 2.24) is 24.7 Å². The van der Waals surface area contributed by atoms with Crippen LogP contribution in [-0.4, -0.2) is 49.8 Å². The van der Waals surface area contributed by atoms with E-state index in [1.807, 2.05) is 4.90 Å². The molecule has 0 radical (unpaired) electrons. The van der Waals surface area contributed by atoms with Crippen LogP contribution in [0.25, 0.3) is 11.2 Å². The summed E-state index contributed by atoms with van der Waals surface area (Å²) in [6.07, 6.45) is -2.46. The zero-order chi connectivity index (χ0) is 23.4. The number of halogens is 5. The van der Waals surface area contributed by atoms with E-state index in [9.17, 15) is 22.0 Å². The van der Waals surface area contributed by atoms with Crippen LogP contribution in [0.15, 0.2) is 30.6 Å². The molecule has 0 spiro atoms. The highest BCUT2D eigenvalue weighted by atomic mass is 19.4. The Kier molecular flexibility index (Phi) is 5.13. The number of hydrogen-bond donors (Lipinski definition) is 1. The second kappa shape index (κ2) is 7.77. The molecule has 0 amide bonds. The van der Waals surface area contributed by atoms with Crippen molar-refractivity contribution in [2.45, 2.75) is 44.5 Å². The Morgan fingerprint density at radius 1 is 1.12 bits per heavy atom. The fourth-order valence-electron chi connectivity index (χ4n) is 5.17. The number of hydrogen-bond acceptors (Lipinski definition) is 6. The van der Waals surface area contributed by atoms with Gasteiger partial charge in [0.05, 0.1) is 12.4 Å². The van der Waals surface area contributed by atoms with Gasteiger partial charge in [0.1, 0.15) is 29.4 Å². The van der Waals surface area contributed by atoms with E-state index in [1.54, 1.807) is 12.3 Å². The molecule has 1 aliphatic carbocycles. The van der Waals surface area contributed by atoms with Crippen molar-refractivity contribution >= 4 is 22.8 Å². The third-order valence-corrected chi connectivity index (χ3v) is 6.44. The van der Waals surface area contributed by atoms with E-state index in [0.717, 1.165) is 23.6 Å². The fourth-order valence-corrected chi connectivity index (χ4v) is 5.17. The van der Waals surface area contributed by atoms with Crippen molar-refractivity contribution in [1.29, 1.82) is 0 Å². The predicted molar refractivity (Wildman–Crippen MR) is 111 cm³/mol. The summed E-state index contributed by atoms with van der Waals surface area (Å²) in [5.74, 6) is 1.41. The lowest BCUT2D eigenvalue weighted by molar-refractivity contribution is -0.141. The van der Waals surface area contributed by atoms with E-state index in [1.165, 1.54) is 12.3 Å². The molecule has 4 heterocycles. The Morgan fingerprint density at radius 2 is 1.85 bits per heavy atom. The van der Waals surface area contributed by atoms with Gasteiger partial charge >= 0.3 is 6.18 Å². The average Bonchev–Trinajstić information content (AvgIpc) is 3.39. The summed E-state index contributed by atoms with van der Waals surface area (Å²) in [7, 11) is 0. The lowest BCUT2D eigenvalue weighted by atomic mass is 9.98. The normalized spacial score (nSPS) is 25.2. The number of alkyl halides is 5. The molecule has 1 saturated carbocycles. The zero-order valence-corrected chi connectivity index (χ0v) is 17.7. The van der Waals surface area contributed by atoms with Crippen LogP contribution in [0.1, 0.15) is 25.5 Å². The van der Waals surface area contributed by atoms with Gasteiger partial charge in [0.2, 0.25) is 0 Å². The largest absolute Gasteiger partial charge is 0.433 e. The molecule has 12 heteroatoms. The number of nitrogens with one attached hydrogen (secondary N) is 1. The molecule has 2 fully saturated rings. The van der Waals surface area contributed by atoms with Crippen LogP contribution in [0.2, 0.25) is 0 Å². The van der Waals surface area contributed by atoms with Crippen LogP contribution < -0.4 is 10.2 Å². The van der Waals surface area contributed by atoms with Crippen LogP contribution in [0.5, 0.6) is 0 Å². The van der Waals surface area contributed by atoms with Gasteiger partial charge in [0.15, 0.2) is 5.65 Å². The SMILES string of the molecule is CC1(Nc2cnc3cnn(CC(F)F)c3n2)C[C@H]2CN(c3cccc(C(F)(F)F)n3)C[C@H]2C1. The summed E-state index contributed by atoms with van der Waals surface area (Å²) in [6.45, 7) is 2.77. The molecule has 1 unspecified atom stereocenters. The van der Waals surface area contributed by atoms with Gasteiger partial charge in [0, 0.05) is 18.6 Å². The molecule has 0 bridgehead atoms. The molecule has 2 aliphatic rings. The van der Waals surface area contributed by atoms with Crippen LogP contribution >= 0.6 is 0 Å². The van der Waals surface area contributed by atoms with E-state index in [-0.39, 0.29) is 5.54 Å². The molecule has 1 aliphatic heterocycles. The standard InChI is InChI=1S/C21H22F5N7/c1-20(31-17-8-27-14-7-28-33(11-16(22)23)19(14)30-17)5-12-9-32(10-13(12)6-20)18-4-2-3-15(29-18)21(24,25)26/h2-4,7-8,12-13,16H,5-6,9-11H2,1H3,(H,30,31)/t12-,13+,20?. The van der Waals surface area contributed by atoms with Gasteiger partial charge in [-0.2, -0.15) is 18.3 Å². The maximum Gasteiger partial charge on any atom is 0.433 e. The predicted octanol–water partition coefficient (Wildman–Crippen LogP) is 4.22. The van der Waals surface area contributed by atoms with Crippen molar-refractivity contribution in [3.8, 4) is 0 Å². The van der Waals surface area contributed by atoms with Crippen molar-refractivity contribution < 1.29 is 22.0 Å². The number of fused-ring (bicyclic) bond motifs is 2. The molecule has 3 aromatic heterocycles. The van der Waals surface area contributed by atoms with Crippen LogP contribution in [-0.2, 0) is 12.7 Å². The van der Waals surface area contributed by atoms with Gasteiger partial charge in [-0.15, -0.1) is 0 Å². The first-order valence-electron chi connectivity index (χ1n) is 10.6. The molecule has 1 saturated heterocycles. The molecule has 176 valence electrons. The smallest absolute Gasteiger partial charge is 0.364 e. The minimum absolute atomic E-state index is 0.292. The molecule has 1 N–H and O–H groups in total. The molecule has 5 rings (SSSR count). The quantitative estimate of drug-likeness (QED) is 0.567. The Hall–Kier alpha value is -3.05. The van der Waals surface area contributed by atoms with Crippen LogP contribution in [0.3, 0.4) is 0 Å². The second-order valence-corrected chi connectivity index (χ2v) is 9.08. The Balaban J connectivity index is 1.28. The highest BCUT2D eigenvalue weighted by Gasteiger charge is 2.47. The van der Waals surface area contributed by atoms with Gasteiger partial charge < -0.3 is 10.2 Å². The first kappa shape index (κ1) is 21.8. The molecular weight excluding hydrogens is 445 g/mol. The maximum atomic E-state index is 13.0. The summed E-state index contributed by atoms with van der Waals surface area (Å²) in [5.41, 5.74) is -0.440. The van der Waals surface area contributed by atoms with E-state index >= 15 is 0 Å². The van der Waals surface area contributed by atoms with Gasteiger partial charge in [-0.05, 0) is 43.7 Å². The Labute approximate surface area is 186 Å². The summed E-state index contributed by atoms with van der Waals surface area (Å²) in [4.78, 5) is 14.5. The number of nitrogens with zero attached hydrogens (tertiary/aromatic N) is 6. The van der Waals surface area contributed by atoms with Gasteiger partial charge in [-0.3, -0.25) is 0 Å². The molecule has 7 nitrogen and oxygen atoms in total. The summed E-state index contributed by atoms with van der Waals surface area (Å²) >= 11 is 0. The minimum Gasteiger partial charge on any atom is -0.364 e. The molecular formula is C21H22F5N7. The first-order chi connectivity index (χ1) is 15.6. The number of anilines is 2. The first-order valence-corrected chi connectivity index (χ1v) is 10.6. The average molecular weight is 467 g/mol. The van der Waals surface area contributed by atoms with Crippen molar-refractivity contribution in [3.63, 3.8) is 0 Å². The van der Waals surface area contributed by atoms with E-state index in [0.29, 0.717) is 47.7 Å². The third kappa shape index (κ3) is 4.30. The maximum absolute atomic E-state index is 13.0. The van der Waals surface area contributed by atoms with Crippen molar-refractivity contribution in [2.24, 2.45) is 11.8 Å². The lowest BCUT2D eigenvalue weighted by Crippen LogP contribution is -2.35. The van der Waals surface area contributed by atoms with E-state index in [4.69, 9.17) is 0 Å². The van der Waals surface area contributed by atoms with Gasteiger partial charge in [-0.1, -0.05) is 6.07 Å². The number of pyridine rings is 1. The van der Waals surface area contributed by atoms with Crippen molar-refractivity contribution in [3.05, 3.63) is 36.3 Å². The van der Waals surface area contributed by atoms with Crippen LogP contribution in [0.4, 0.5) is 33.6 Å². The Morgan fingerprint density at radius 3 is 2.52 bits per heavy atom. The van der Waals surface area contributed by atoms with Crippen LogP contribution in [0, 0.1) is 11.8 Å². The molecule has 0 aromatic carbocycles. The van der Waals surface area contributed by atoms with Gasteiger partial charge in [0.25, 0.3) is 6.43 Å². The van der Waals surface area contributed by atoms with E-state index < -0.39 is 24.8 Å². The monoisotopic (exact) mass is 467 g/mol. The van der Waals surface area contributed by atoms with Gasteiger partial charge in [-0.25, -0.2) is 28.4 Å². The number of rotatable bonds is 5. The zero-order valence-electron chi connectivity index (χ0n) is 17.7. The fraction of sp³-hybridized carbons (Fsp3) is 0.524. The summed E-state index contributed by atoms with van der Waals surface area (Å²) in [5, 5.41) is 7.34. The summed E-state index contributed by atoms with van der Waals surface area (Å²) < 4.78 is 65.8. The highest BCUT2D eigenvalue weighted by molar-refractivity contribution is 5.71. The van der Waals surface area contributed by atoms with Crippen molar-refractivity contribution in [2.75, 3.05) is 23.3 Å². The number of aromatic nitrogens is 5. The topological polar surface area (TPSA) is 71.8 Å². The highest BCUT2D eigenvalue weighted by Crippen LogP contribution is 2.46. The Bertz CT molecular complexity index is 1150. The summed E-state index contributed by atoms with van der Waals surface area (Å²) in [6, 6.07) is 3.98.